The van der Waals surface area contributed by atoms with E-state index in [1.807, 2.05) is 45.0 Å². The van der Waals surface area contributed by atoms with Crippen molar-refractivity contribution in [2.24, 2.45) is 0 Å². The van der Waals surface area contributed by atoms with Crippen LogP contribution in [-0.4, -0.2) is 29.0 Å². The van der Waals surface area contributed by atoms with E-state index in [0.717, 1.165) is 16.9 Å². The molecule has 1 atom stereocenters. The van der Waals surface area contributed by atoms with Crippen molar-refractivity contribution in [1.82, 2.24) is 4.90 Å². The third-order valence-corrected chi connectivity index (χ3v) is 3.80. The van der Waals surface area contributed by atoms with Crippen molar-refractivity contribution in [1.29, 1.82) is 0 Å². The summed E-state index contributed by atoms with van der Waals surface area (Å²) in [6.45, 7) is 8.31. The van der Waals surface area contributed by atoms with Crippen LogP contribution in [-0.2, 0) is 0 Å². The lowest BCUT2D eigenvalue weighted by Gasteiger charge is -2.24. The Labute approximate surface area is 131 Å². The lowest BCUT2D eigenvalue weighted by atomic mass is 10.1. The molecule has 1 amide bonds. The van der Waals surface area contributed by atoms with Crippen LogP contribution in [0.2, 0.25) is 0 Å². The average Bonchev–Trinajstić information content (AvgIpc) is 2.83. The number of hydrogen-bond acceptors (Lipinski definition) is 3. The standard InChI is InChI=1S/C18H23NO3/c1-5-19(18(21)16-10-13(3)22-14(16)4)11-17(20)15-8-6-12(2)7-9-15/h6-10,17,20H,5,11H2,1-4H3. The van der Waals surface area contributed by atoms with Gasteiger partial charge in [-0.25, -0.2) is 0 Å². The minimum absolute atomic E-state index is 0.108. The highest BCUT2D eigenvalue weighted by atomic mass is 16.3. The molecule has 1 aromatic carbocycles. The monoisotopic (exact) mass is 301 g/mol. The maximum absolute atomic E-state index is 12.6. The molecule has 4 nitrogen and oxygen atoms in total. The number of furan rings is 1. The Morgan fingerprint density at radius 2 is 1.86 bits per heavy atom. The third kappa shape index (κ3) is 3.57. The Morgan fingerprint density at radius 1 is 1.23 bits per heavy atom. The number of likely N-dealkylation sites (N-methyl/N-ethyl adjacent to an activating group) is 1. The molecule has 0 saturated carbocycles. The fourth-order valence-electron chi connectivity index (χ4n) is 2.47. The van der Waals surface area contributed by atoms with Gasteiger partial charge in [-0.2, -0.15) is 0 Å². The molecule has 118 valence electrons. The predicted molar refractivity (Wildman–Crippen MR) is 85.9 cm³/mol. The highest BCUT2D eigenvalue weighted by Crippen LogP contribution is 2.19. The predicted octanol–water partition coefficient (Wildman–Crippen LogP) is 3.40. The highest BCUT2D eigenvalue weighted by Gasteiger charge is 2.22. The molecule has 0 spiro atoms. The number of aryl methyl sites for hydroxylation is 3. The lowest BCUT2D eigenvalue weighted by Crippen LogP contribution is -2.34. The third-order valence-electron chi connectivity index (χ3n) is 3.80. The zero-order valence-corrected chi connectivity index (χ0v) is 13.6. The number of nitrogens with zero attached hydrogens (tertiary/aromatic N) is 1. The molecule has 1 aromatic heterocycles. The number of rotatable bonds is 5. The van der Waals surface area contributed by atoms with Crippen LogP contribution in [0.5, 0.6) is 0 Å². The van der Waals surface area contributed by atoms with Crippen molar-refractivity contribution in [2.75, 3.05) is 13.1 Å². The molecule has 0 bridgehead atoms. The zero-order valence-electron chi connectivity index (χ0n) is 13.6. The van der Waals surface area contributed by atoms with Gasteiger partial charge in [0.15, 0.2) is 0 Å². The quantitative estimate of drug-likeness (QED) is 0.921. The first-order valence-electron chi connectivity index (χ1n) is 7.53. The molecule has 2 aromatic rings. The van der Waals surface area contributed by atoms with Gasteiger partial charge in [-0.05, 0) is 39.3 Å². The van der Waals surface area contributed by atoms with E-state index in [1.165, 1.54) is 0 Å². The second kappa shape index (κ2) is 6.79. The van der Waals surface area contributed by atoms with E-state index in [2.05, 4.69) is 0 Å². The van der Waals surface area contributed by atoms with Gasteiger partial charge in [-0.15, -0.1) is 0 Å². The second-order valence-electron chi connectivity index (χ2n) is 5.60. The largest absolute Gasteiger partial charge is 0.466 e. The summed E-state index contributed by atoms with van der Waals surface area (Å²) < 4.78 is 5.42. The van der Waals surface area contributed by atoms with E-state index in [1.54, 1.807) is 17.9 Å². The van der Waals surface area contributed by atoms with Gasteiger partial charge in [0.25, 0.3) is 5.91 Å². The van der Waals surface area contributed by atoms with Crippen molar-refractivity contribution >= 4 is 5.91 Å². The van der Waals surface area contributed by atoms with Gasteiger partial charge in [0.1, 0.15) is 11.5 Å². The van der Waals surface area contributed by atoms with Crippen LogP contribution in [0.4, 0.5) is 0 Å². The summed E-state index contributed by atoms with van der Waals surface area (Å²) in [7, 11) is 0. The molecule has 2 rings (SSSR count). The summed E-state index contributed by atoms with van der Waals surface area (Å²) in [4.78, 5) is 14.2. The van der Waals surface area contributed by atoms with Crippen LogP contribution in [0, 0.1) is 20.8 Å². The van der Waals surface area contributed by atoms with E-state index < -0.39 is 6.10 Å². The summed E-state index contributed by atoms with van der Waals surface area (Å²) in [5, 5.41) is 10.4. The van der Waals surface area contributed by atoms with Crippen molar-refractivity contribution < 1.29 is 14.3 Å². The molecular weight excluding hydrogens is 278 g/mol. The molecule has 1 heterocycles. The average molecular weight is 301 g/mol. The number of aliphatic hydroxyl groups excluding tert-OH is 1. The van der Waals surface area contributed by atoms with Crippen LogP contribution in [0.25, 0.3) is 0 Å². The summed E-state index contributed by atoms with van der Waals surface area (Å²) in [5.41, 5.74) is 2.52. The molecule has 22 heavy (non-hydrogen) atoms. The fraction of sp³-hybridized carbons (Fsp3) is 0.389. The summed E-state index contributed by atoms with van der Waals surface area (Å²) in [6, 6.07) is 9.45. The van der Waals surface area contributed by atoms with Crippen LogP contribution in [0.15, 0.2) is 34.7 Å². The SMILES string of the molecule is CCN(CC(O)c1ccc(C)cc1)C(=O)c1cc(C)oc1C. The van der Waals surface area contributed by atoms with E-state index >= 15 is 0 Å². The smallest absolute Gasteiger partial charge is 0.257 e. The molecule has 0 saturated heterocycles. The van der Waals surface area contributed by atoms with Gasteiger partial charge in [-0.1, -0.05) is 29.8 Å². The molecule has 0 fully saturated rings. The van der Waals surface area contributed by atoms with Crippen molar-refractivity contribution in [3.8, 4) is 0 Å². The second-order valence-corrected chi connectivity index (χ2v) is 5.60. The minimum Gasteiger partial charge on any atom is -0.466 e. The maximum Gasteiger partial charge on any atom is 0.257 e. The lowest BCUT2D eigenvalue weighted by molar-refractivity contribution is 0.0633. The number of benzene rings is 1. The van der Waals surface area contributed by atoms with E-state index in [4.69, 9.17) is 4.42 Å². The summed E-state index contributed by atoms with van der Waals surface area (Å²) in [6.07, 6.45) is -0.696. The van der Waals surface area contributed by atoms with Gasteiger partial charge >= 0.3 is 0 Å². The normalized spacial score (nSPS) is 12.2. The molecular formula is C18H23NO3. The number of aliphatic hydroxyl groups is 1. The Bertz CT molecular complexity index is 643. The maximum atomic E-state index is 12.6. The fourth-order valence-corrected chi connectivity index (χ4v) is 2.47. The zero-order chi connectivity index (χ0) is 16.3. The van der Waals surface area contributed by atoms with E-state index in [0.29, 0.717) is 17.9 Å². The van der Waals surface area contributed by atoms with Crippen molar-refractivity contribution in [3.63, 3.8) is 0 Å². The summed E-state index contributed by atoms with van der Waals surface area (Å²) >= 11 is 0. The van der Waals surface area contributed by atoms with Gasteiger partial charge < -0.3 is 14.4 Å². The Morgan fingerprint density at radius 3 is 2.36 bits per heavy atom. The van der Waals surface area contributed by atoms with Crippen LogP contribution >= 0.6 is 0 Å². The topological polar surface area (TPSA) is 53.7 Å². The molecule has 1 unspecified atom stereocenters. The number of carbonyl (C=O) groups is 1. The first kappa shape index (κ1) is 16.3. The molecule has 0 aliphatic rings. The van der Waals surface area contributed by atoms with Crippen LogP contribution in [0.1, 0.15) is 46.0 Å². The first-order valence-corrected chi connectivity index (χ1v) is 7.53. The Balaban J connectivity index is 2.13. The van der Waals surface area contributed by atoms with E-state index in [-0.39, 0.29) is 12.5 Å². The molecule has 0 radical (unpaired) electrons. The van der Waals surface area contributed by atoms with E-state index in [9.17, 15) is 9.90 Å². The number of carbonyl (C=O) groups excluding carboxylic acids is 1. The van der Waals surface area contributed by atoms with Crippen molar-refractivity contribution in [3.05, 3.63) is 58.5 Å². The van der Waals surface area contributed by atoms with Gasteiger partial charge in [-0.3, -0.25) is 4.79 Å². The molecule has 0 aliphatic heterocycles. The number of hydrogen-bond donors (Lipinski definition) is 1. The Hall–Kier alpha value is -2.07. The highest BCUT2D eigenvalue weighted by molar-refractivity contribution is 5.95. The first-order chi connectivity index (χ1) is 10.4. The van der Waals surface area contributed by atoms with Gasteiger partial charge in [0.05, 0.1) is 18.2 Å². The van der Waals surface area contributed by atoms with Gasteiger partial charge in [0, 0.05) is 6.54 Å². The summed E-state index contributed by atoms with van der Waals surface area (Å²) in [5.74, 6) is 1.23. The minimum atomic E-state index is -0.696. The van der Waals surface area contributed by atoms with Crippen LogP contribution in [0.3, 0.4) is 0 Å². The molecule has 1 N–H and O–H groups in total. The number of amides is 1. The Kier molecular flexibility index (Phi) is 5.03. The van der Waals surface area contributed by atoms with Gasteiger partial charge in [0.2, 0.25) is 0 Å². The molecule has 4 heteroatoms. The van der Waals surface area contributed by atoms with Crippen molar-refractivity contribution in [2.45, 2.75) is 33.8 Å². The van der Waals surface area contributed by atoms with Crippen LogP contribution < -0.4 is 0 Å². The molecule has 0 aliphatic carbocycles.